The van der Waals surface area contributed by atoms with Gasteiger partial charge in [0.05, 0.1) is 0 Å². The fourth-order valence-corrected chi connectivity index (χ4v) is 5.30. The molecule has 146 valence electrons. The minimum absolute atomic E-state index is 0.00710. The van der Waals surface area contributed by atoms with Crippen LogP contribution in [0.5, 0.6) is 0 Å². The van der Waals surface area contributed by atoms with Crippen LogP contribution in [0, 0.1) is 23.7 Å². The number of benzene rings is 1. The number of allylic oxidation sites excluding steroid dienone is 6. The van der Waals surface area contributed by atoms with E-state index in [9.17, 15) is 14.4 Å². The van der Waals surface area contributed by atoms with Gasteiger partial charge in [-0.3, -0.25) is 14.4 Å². The molecule has 1 saturated carbocycles. The smallest absolute Gasteiger partial charge is 0.258 e. The Kier molecular flexibility index (Phi) is 4.42. The number of nitrogens with zero attached hydrogens (tertiary/aromatic N) is 1. The molecule has 0 aromatic heterocycles. The third kappa shape index (κ3) is 3.03. The molecule has 4 unspecified atom stereocenters. The van der Waals surface area contributed by atoms with Gasteiger partial charge in [0, 0.05) is 41.5 Å². The van der Waals surface area contributed by atoms with Gasteiger partial charge in [-0.2, -0.15) is 0 Å². The highest BCUT2D eigenvalue weighted by atomic mass is 16.2. The number of hydrogen-bond donors (Lipinski definition) is 0. The maximum Gasteiger partial charge on any atom is 0.258 e. The lowest BCUT2D eigenvalue weighted by Crippen LogP contribution is -2.37. The van der Waals surface area contributed by atoms with Crippen molar-refractivity contribution in [3.05, 3.63) is 83.6 Å². The molecule has 0 bridgehead atoms. The highest BCUT2D eigenvalue weighted by Gasteiger charge is 2.47. The summed E-state index contributed by atoms with van der Waals surface area (Å²) in [5, 5.41) is 0. The average Bonchev–Trinajstić information content (AvgIpc) is 3.13. The normalized spacial score (nSPS) is 30.1. The zero-order valence-electron chi connectivity index (χ0n) is 16.2. The first-order chi connectivity index (χ1) is 14.1. The van der Waals surface area contributed by atoms with E-state index in [0.717, 1.165) is 17.7 Å². The lowest BCUT2D eigenvalue weighted by Gasteiger charge is -2.35. The monoisotopic (exact) mass is 385 g/mol. The van der Waals surface area contributed by atoms with Gasteiger partial charge in [0.1, 0.15) is 5.78 Å². The maximum absolute atomic E-state index is 13.3. The van der Waals surface area contributed by atoms with E-state index >= 15 is 0 Å². The molecule has 1 fully saturated rings. The number of carbonyl (C=O) groups is 3. The van der Waals surface area contributed by atoms with E-state index in [2.05, 4.69) is 0 Å². The molecule has 4 aliphatic rings. The van der Waals surface area contributed by atoms with E-state index in [1.165, 1.54) is 0 Å². The van der Waals surface area contributed by atoms with Gasteiger partial charge in [-0.1, -0.05) is 42.5 Å². The van der Waals surface area contributed by atoms with Crippen molar-refractivity contribution in [2.45, 2.75) is 19.3 Å². The molecule has 4 atom stereocenters. The molecule has 5 rings (SSSR count). The summed E-state index contributed by atoms with van der Waals surface area (Å²) in [5.74, 6) is 0.0346. The van der Waals surface area contributed by atoms with Crippen LogP contribution >= 0.6 is 0 Å². The maximum atomic E-state index is 13.3. The third-order valence-electron chi connectivity index (χ3n) is 6.65. The number of carbonyl (C=O) groups excluding carboxylic acids is 3. The Morgan fingerprint density at radius 3 is 2.69 bits per heavy atom. The van der Waals surface area contributed by atoms with E-state index in [1.807, 2.05) is 59.5 Å². The number of ketones is 2. The lowest BCUT2D eigenvalue weighted by atomic mass is 9.66. The first-order valence-corrected chi connectivity index (χ1v) is 10.3. The van der Waals surface area contributed by atoms with Crippen molar-refractivity contribution in [1.82, 2.24) is 4.90 Å². The highest BCUT2D eigenvalue weighted by Crippen LogP contribution is 2.48. The number of Topliss-reactive ketones (excluding diaryl/α,β-unsaturated/α-hetero) is 1. The predicted octanol–water partition coefficient (Wildman–Crippen LogP) is 3.88. The number of rotatable bonds is 3. The Bertz CT molecular complexity index is 998. The minimum Gasteiger partial charge on any atom is -0.308 e. The van der Waals surface area contributed by atoms with Gasteiger partial charge in [0.15, 0.2) is 5.78 Å². The van der Waals surface area contributed by atoms with Crippen molar-refractivity contribution in [1.29, 1.82) is 0 Å². The van der Waals surface area contributed by atoms with Gasteiger partial charge in [-0.15, -0.1) is 0 Å². The molecule has 1 amide bonds. The number of amides is 1. The molecule has 1 aromatic carbocycles. The van der Waals surface area contributed by atoms with Crippen molar-refractivity contribution in [3.63, 3.8) is 0 Å². The standard InChI is InChI=1S/C25H23NO3/c27-22-12-5-4-9-17(22)13-18-14-19-15-26(25(29)16-7-2-1-3-8-16)21-11-6-10-20(23(19)21)24(18)28/h1-9,11-12,17-20H,10,13-15H2. The topological polar surface area (TPSA) is 54.5 Å². The van der Waals surface area contributed by atoms with Crippen LogP contribution in [0.15, 0.2) is 78.1 Å². The summed E-state index contributed by atoms with van der Waals surface area (Å²) in [7, 11) is 0. The van der Waals surface area contributed by atoms with Gasteiger partial charge >= 0.3 is 0 Å². The predicted molar refractivity (Wildman–Crippen MR) is 110 cm³/mol. The van der Waals surface area contributed by atoms with Gasteiger partial charge in [-0.05, 0) is 49.1 Å². The van der Waals surface area contributed by atoms with Crippen molar-refractivity contribution in [2.75, 3.05) is 6.54 Å². The van der Waals surface area contributed by atoms with Crippen molar-refractivity contribution >= 4 is 17.5 Å². The van der Waals surface area contributed by atoms with E-state index in [1.54, 1.807) is 12.2 Å². The Hall–Kier alpha value is -3.01. The quantitative estimate of drug-likeness (QED) is 0.793. The van der Waals surface area contributed by atoms with Crippen LogP contribution in [0.25, 0.3) is 0 Å². The molecule has 3 aliphatic carbocycles. The second-order valence-corrected chi connectivity index (χ2v) is 8.33. The number of hydrogen-bond acceptors (Lipinski definition) is 3. The summed E-state index contributed by atoms with van der Waals surface area (Å²) in [6.07, 6.45) is 13.2. The molecule has 0 N–H and O–H groups in total. The van der Waals surface area contributed by atoms with Crippen LogP contribution in [0.2, 0.25) is 0 Å². The van der Waals surface area contributed by atoms with Crippen LogP contribution in [-0.2, 0) is 9.59 Å². The second kappa shape index (κ2) is 7.11. The molecule has 4 heteroatoms. The van der Waals surface area contributed by atoms with E-state index < -0.39 is 0 Å². The van der Waals surface area contributed by atoms with Crippen molar-refractivity contribution < 1.29 is 14.4 Å². The average molecular weight is 385 g/mol. The molecule has 29 heavy (non-hydrogen) atoms. The van der Waals surface area contributed by atoms with Gasteiger partial charge < -0.3 is 4.90 Å². The lowest BCUT2D eigenvalue weighted by molar-refractivity contribution is -0.128. The zero-order chi connectivity index (χ0) is 20.0. The third-order valence-corrected chi connectivity index (χ3v) is 6.65. The van der Waals surface area contributed by atoms with Gasteiger partial charge in [0.25, 0.3) is 5.91 Å². The second-order valence-electron chi connectivity index (χ2n) is 8.33. The molecular weight excluding hydrogens is 362 g/mol. The van der Waals surface area contributed by atoms with Crippen LogP contribution in [-0.4, -0.2) is 28.9 Å². The SMILES string of the molecule is O=C1C=CC=CC1CC1CC2CN(C(=O)c3ccccc3)C3=C2C(CC=C3)C1=O. The first-order valence-electron chi connectivity index (χ1n) is 10.3. The summed E-state index contributed by atoms with van der Waals surface area (Å²) in [6.45, 7) is 0.622. The van der Waals surface area contributed by atoms with Gasteiger partial charge in [0.2, 0.25) is 0 Å². The van der Waals surface area contributed by atoms with E-state index in [0.29, 0.717) is 24.9 Å². The Morgan fingerprint density at radius 2 is 1.90 bits per heavy atom. The highest BCUT2D eigenvalue weighted by molar-refractivity contribution is 5.98. The minimum atomic E-state index is -0.207. The summed E-state index contributed by atoms with van der Waals surface area (Å²) >= 11 is 0. The van der Waals surface area contributed by atoms with Crippen LogP contribution < -0.4 is 0 Å². The first kappa shape index (κ1) is 18.0. The molecule has 0 radical (unpaired) electrons. The summed E-state index contributed by atoms with van der Waals surface area (Å²) in [5.41, 5.74) is 2.73. The Morgan fingerprint density at radius 1 is 1.07 bits per heavy atom. The van der Waals surface area contributed by atoms with Crippen LogP contribution in [0.1, 0.15) is 29.6 Å². The fraction of sp³-hybridized carbons (Fsp3) is 0.320. The summed E-state index contributed by atoms with van der Waals surface area (Å²) in [4.78, 5) is 40.4. The largest absolute Gasteiger partial charge is 0.308 e. The Labute approximate surface area is 170 Å². The van der Waals surface area contributed by atoms with Crippen LogP contribution in [0.4, 0.5) is 0 Å². The molecule has 1 aromatic rings. The van der Waals surface area contributed by atoms with Crippen LogP contribution in [0.3, 0.4) is 0 Å². The molecule has 4 nitrogen and oxygen atoms in total. The van der Waals surface area contributed by atoms with Crippen molar-refractivity contribution in [3.8, 4) is 0 Å². The van der Waals surface area contributed by atoms with Crippen molar-refractivity contribution in [2.24, 2.45) is 23.7 Å². The fourth-order valence-electron chi connectivity index (χ4n) is 5.30. The summed E-state index contributed by atoms with van der Waals surface area (Å²) < 4.78 is 0. The zero-order valence-corrected chi connectivity index (χ0v) is 16.2. The molecule has 1 heterocycles. The summed E-state index contributed by atoms with van der Waals surface area (Å²) in [6, 6.07) is 9.31. The molecule has 0 saturated heterocycles. The van der Waals surface area contributed by atoms with E-state index in [4.69, 9.17) is 0 Å². The molecule has 0 spiro atoms. The molecular formula is C25H23NO3. The van der Waals surface area contributed by atoms with E-state index in [-0.39, 0.29) is 41.1 Å². The van der Waals surface area contributed by atoms with Gasteiger partial charge in [-0.25, -0.2) is 0 Å². The molecule has 1 aliphatic heterocycles. The Balaban J connectivity index is 1.41.